The van der Waals surface area contributed by atoms with Crippen LogP contribution in [0.5, 0.6) is 0 Å². The molecule has 3 rings (SSSR count). The van der Waals surface area contributed by atoms with Gasteiger partial charge in [-0.25, -0.2) is 4.79 Å². The third-order valence-corrected chi connectivity index (χ3v) is 4.71. The number of carbonyl (C=O) groups is 1. The van der Waals surface area contributed by atoms with Crippen LogP contribution >= 0.6 is 0 Å². The van der Waals surface area contributed by atoms with Gasteiger partial charge in [0.05, 0.1) is 23.8 Å². The zero-order valence-electron chi connectivity index (χ0n) is 14.7. The first kappa shape index (κ1) is 19.4. The van der Waals surface area contributed by atoms with E-state index in [0.29, 0.717) is 25.3 Å². The van der Waals surface area contributed by atoms with Gasteiger partial charge in [0, 0.05) is 19.1 Å². The standard InChI is InChI=1S/C20H20F3NO3/c1-13-12-27-18(15-5-3-7-17(9-15)20(21,22)23)11-24(13)10-14-4-2-6-16(8-14)19(25)26/h2-9,13,18H,10-12H2,1H3,(H,25,26). The van der Waals surface area contributed by atoms with Crippen molar-refractivity contribution in [1.82, 2.24) is 4.90 Å². The number of alkyl halides is 3. The van der Waals surface area contributed by atoms with Gasteiger partial charge in [-0.2, -0.15) is 13.2 Å². The van der Waals surface area contributed by atoms with Crippen molar-refractivity contribution in [3.63, 3.8) is 0 Å². The van der Waals surface area contributed by atoms with Crippen LogP contribution in [0.15, 0.2) is 48.5 Å². The van der Waals surface area contributed by atoms with Gasteiger partial charge in [-0.1, -0.05) is 24.3 Å². The normalized spacial score (nSPS) is 21.2. The molecule has 0 saturated carbocycles. The molecule has 7 heteroatoms. The third-order valence-electron chi connectivity index (χ3n) is 4.71. The Morgan fingerprint density at radius 3 is 2.67 bits per heavy atom. The van der Waals surface area contributed by atoms with Crippen LogP contribution in [0.1, 0.15) is 40.1 Å². The highest BCUT2D eigenvalue weighted by atomic mass is 19.4. The number of carboxylic acid groups (broad SMARTS) is 1. The first-order valence-electron chi connectivity index (χ1n) is 8.59. The van der Waals surface area contributed by atoms with Crippen molar-refractivity contribution in [2.24, 2.45) is 0 Å². The molecule has 0 amide bonds. The lowest BCUT2D eigenvalue weighted by Gasteiger charge is -2.38. The molecule has 1 aliphatic heterocycles. The summed E-state index contributed by atoms with van der Waals surface area (Å²) in [6, 6.07) is 11.9. The average Bonchev–Trinajstić information content (AvgIpc) is 2.63. The van der Waals surface area contributed by atoms with Crippen LogP contribution in [0.25, 0.3) is 0 Å². The summed E-state index contributed by atoms with van der Waals surface area (Å²) in [5.74, 6) is -0.992. The van der Waals surface area contributed by atoms with E-state index in [4.69, 9.17) is 9.84 Å². The Morgan fingerprint density at radius 2 is 1.96 bits per heavy atom. The Kier molecular flexibility index (Phi) is 5.53. The van der Waals surface area contributed by atoms with E-state index in [1.165, 1.54) is 12.1 Å². The predicted molar refractivity (Wildman–Crippen MR) is 93.4 cm³/mol. The van der Waals surface area contributed by atoms with Crippen molar-refractivity contribution in [2.75, 3.05) is 13.2 Å². The largest absolute Gasteiger partial charge is 0.478 e. The zero-order chi connectivity index (χ0) is 19.6. The molecule has 1 aliphatic rings. The molecule has 0 aromatic heterocycles. The van der Waals surface area contributed by atoms with E-state index in [1.54, 1.807) is 18.2 Å². The molecular formula is C20H20F3NO3. The fraction of sp³-hybridized carbons (Fsp3) is 0.350. The number of halogens is 3. The fourth-order valence-electron chi connectivity index (χ4n) is 3.18. The number of hydrogen-bond acceptors (Lipinski definition) is 3. The maximum Gasteiger partial charge on any atom is 0.416 e. The van der Waals surface area contributed by atoms with Gasteiger partial charge in [0.2, 0.25) is 0 Å². The quantitative estimate of drug-likeness (QED) is 0.857. The molecule has 2 aromatic rings. The zero-order valence-corrected chi connectivity index (χ0v) is 14.7. The van der Waals surface area contributed by atoms with Crippen molar-refractivity contribution in [1.29, 1.82) is 0 Å². The molecule has 2 unspecified atom stereocenters. The Bertz CT molecular complexity index is 822. The number of aromatic carboxylic acids is 1. The number of ether oxygens (including phenoxy) is 1. The first-order valence-corrected chi connectivity index (χ1v) is 8.59. The highest BCUT2D eigenvalue weighted by Gasteiger charge is 2.32. The summed E-state index contributed by atoms with van der Waals surface area (Å²) in [4.78, 5) is 13.2. The highest BCUT2D eigenvalue weighted by molar-refractivity contribution is 5.87. The van der Waals surface area contributed by atoms with E-state index in [9.17, 15) is 18.0 Å². The van der Waals surface area contributed by atoms with Crippen molar-refractivity contribution < 1.29 is 27.8 Å². The van der Waals surface area contributed by atoms with Crippen LogP contribution in [0.2, 0.25) is 0 Å². The van der Waals surface area contributed by atoms with Gasteiger partial charge in [0.1, 0.15) is 0 Å². The van der Waals surface area contributed by atoms with Crippen LogP contribution in [-0.2, 0) is 17.5 Å². The van der Waals surface area contributed by atoms with Crippen molar-refractivity contribution in [3.8, 4) is 0 Å². The topological polar surface area (TPSA) is 49.8 Å². The van der Waals surface area contributed by atoms with Gasteiger partial charge in [-0.15, -0.1) is 0 Å². The Labute approximate surface area is 155 Å². The van der Waals surface area contributed by atoms with Crippen molar-refractivity contribution >= 4 is 5.97 Å². The van der Waals surface area contributed by atoms with Crippen LogP contribution in [0.3, 0.4) is 0 Å². The summed E-state index contributed by atoms with van der Waals surface area (Å²) in [5.41, 5.74) is 0.846. The number of carboxylic acids is 1. The summed E-state index contributed by atoms with van der Waals surface area (Å²) in [7, 11) is 0. The molecule has 1 saturated heterocycles. The van der Waals surface area contributed by atoms with Crippen LogP contribution in [-0.4, -0.2) is 35.2 Å². The molecule has 1 fully saturated rings. The molecule has 2 atom stereocenters. The minimum absolute atomic E-state index is 0.0699. The summed E-state index contributed by atoms with van der Waals surface area (Å²) >= 11 is 0. The SMILES string of the molecule is CC1COC(c2cccc(C(F)(F)F)c2)CN1Cc1cccc(C(=O)O)c1. The number of hydrogen-bond donors (Lipinski definition) is 1. The van der Waals surface area contributed by atoms with Gasteiger partial charge in [0.15, 0.2) is 0 Å². The average molecular weight is 379 g/mol. The molecular weight excluding hydrogens is 359 g/mol. The summed E-state index contributed by atoms with van der Waals surface area (Å²) in [6.07, 6.45) is -4.86. The van der Waals surface area contributed by atoms with E-state index < -0.39 is 23.8 Å². The molecule has 4 nitrogen and oxygen atoms in total. The monoisotopic (exact) mass is 379 g/mol. The minimum atomic E-state index is -4.39. The Balaban J connectivity index is 1.77. The number of rotatable bonds is 4. The summed E-state index contributed by atoms with van der Waals surface area (Å²) in [5, 5.41) is 9.12. The molecule has 1 heterocycles. The van der Waals surface area contributed by atoms with E-state index in [0.717, 1.165) is 17.7 Å². The molecule has 0 bridgehead atoms. The number of morpholine rings is 1. The van der Waals surface area contributed by atoms with Crippen molar-refractivity contribution in [3.05, 3.63) is 70.8 Å². The van der Waals surface area contributed by atoms with Gasteiger partial charge in [-0.3, -0.25) is 4.90 Å². The highest BCUT2D eigenvalue weighted by Crippen LogP contribution is 2.33. The van der Waals surface area contributed by atoms with Crippen LogP contribution < -0.4 is 0 Å². The fourth-order valence-corrected chi connectivity index (χ4v) is 3.18. The number of benzene rings is 2. The minimum Gasteiger partial charge on any atom is -0.478 e. The maximum atomic E-state index is 13.0. The molecule has 0 aliphatic carbocycles. The smallest absolute Gasteiger partial charge is 0.416 e. The second kappa shape index (κ2) is 7.70. The second-order valence-electron chi connectivity index (χ2n) is 6.73. The molecule has 0 radical (unpaired) electrons. The lowest BCUT2D eigenvalue weighted by molar-refractivity contribution is -0.137. The van der Waals surface area contributed by atoms with E-state index in [1.807, 2.05) is 13.0 Å². The maximum absolute atomic E-state index is 13.0. The molecule has 0 spiro atoms. The summed E-state index contributed by atoms with van der Waals surface area (Å²) in [6.45, 7) is 3.30. The molecule has 144 valence electrons. The van der Waals surface area contributed by atoms with Gasteiger partial charge in [0.25, 0.3) is 0 Å². The first-order chi connectivity index (χ1) is 12.7. The predicted octanol–water partition coefficient (Wildman–Crippen LogP) is 4.37. The van der Waals surface area contributed by atoms with E-state index >= 15 is 0 Å². The van der Waals surface area contributed by atoms with E-state index in [2.05, 4.69) is 4.90 Å². The van der Waals surface area contributed by atoms with Crippen LogP contribution in [0.4, 0.5) is 13.2 Å². The lowest BCUT2D eigenvalue weighted by Crippen LogP contribution is -2.44. The number of nitrogens with zero attached hydrogens (tertiary/aromatic N) is 1. The molecule has 1 N–H and O–H groups in total. The lowest BCUT2D eigenvalue weighted by atomic mass is 10.0. The third kappa shape index (κ3) is 4.67. The molecule has 2 aromatic carbocycles. The Hall–Kier alpha value is -2.38. The van der Waals surface area contributed by atoms with Crippen molar-refractivity contribution in [2.45, 2.75) is 31.8 Å². The molecule has 27 heavy (non-hydrogen) atoms. The second-order valence-corrected chi connectivity index (χ2v) is 6.73. The Morgan fingerprint density at radius 1 is 1.22 bits per heavy atom. The van der Waals surface area contributed by atoms with Crippen LogP contribution in [0, 0.1) is 0 Å². The van der Waals surface area contributed by atoms with Gasteiger partial charge in [-0.05, 0) is 42.3 Å². The van der Waals surface area contributed by atoms with Gasteiger partial charge < -0.3 is 9.84 Å². The van der Waals surface area contributed by atoms with Gasteiger partial charge >= 0.3 is 12.1 Å². The summed E-state index contributed by atoms with van der Waals surface area (Å²) < 4.78 is 44.7. The van der Waals surface area contributed by atoms with E-state index in [-0.39, 0.29) is 11.6 Å².